The van der Waals surface area contributed by atoms with E-state index in [0.717, 1.165) is 0 Å². The highest BCUT2D eigenvalue weighted by Gasteiger charge is 2.17. The Morgan fingerprint density at radius 2 is 1.67 bits per heavy atom. The summed E-state index contributed by atoms with van der Waals surface area (Å²) in [7, 11) is 0. The van der Waals surface area contributed by atoms with Crippen molar-refractivity contribution in [3.8, 4) is 0 Å². The first-order chi connectivity index (χ1) is 8.28. The third-order valence-electron chi connectivity index (χ3n) is 2.14. The summed E-state index contributed by atoms with van der Waals surface area (Å²) in [6, 6.07) is 5.26. The van der Waals surface area contributed by atoms with Crippen LogP contribution in [0, 0.1) is 5.82 Å². The molecule has 0 fully saturated rings. The number of ether oxygens (including phenoxy) is 1. The third-order valence-corrected chi connectivity index (χ3v) is 2.14. The van der Waals surface area contributed by atoms with Gasteiger partial charge in [-0.3, -0.25) is 9.59 Å². The second-order valence-electron chi connectivity index (χ2n) is 5.02. The predicted molar refractivity (Wildman–Crippen MR) is 65.8 cm³/mol. The van der Waals surface area contributed by atoms with Gasteiger partial charge in [0, 0.05) is 12.0 Å². The van der Waals surface area contributed by atoms with Crippen molar-refractivity contribution in [3.63, 3.8) is 0 Å². The quantitative estimate of drug-likeness (QED) is 0.610. The van der Waals surface area contributed by atoms with Crippen LogP contribution in [0.2, 0.25) is 0 Å². The van der Waals surface area contributed by atoms with Crippen LogP contribution in [0.1, 0.15) is 44.0 Å². The van der Waals surface area contributed by atoms with Gasteiger partial charge in [0.25, 0.3) is 0 Å². The topological polar surface area (TPSA) is 43.4 Å². The average molecular weight is 252 g/mol. The van der Waals surface area contributed by atoms with Crippen molar-refractivity contribution in [1.29, 1.82) is 0 Å². The second kappa shape index (κ2) is 5.76. The molecular weight excluding hydrogens is 235 g/mol. The molecule has 0 amide bonds. The van der Waals surface area contributed by atoms with Crippen molar-refractivity contribution in [2.24, 2.45) is 0 Å². The minimum Gasteiger partial charge on any atom is -0.460 e. The number of Topliss-reactive ketones (excluding diaryl/α,β-unsaturated/α-hetero) is 1. The zero-order chi connectivity index (χ0) is 13.8. The summed E-state index contributed by atoms with van der Waals surface area (Å²) in [5, 5.41) is 0. The number of hydrogen-bond donors (Lipinski definition) is 0. The van der Waals surface area contributed by atoms with Gasteiger partial charge in [-0.05, 0) is 45.0 Å². The number of esters is 1. The maximum atomic E-state index is 12.7. The molecule has 0 spiro atoms. The molecule has 3 nitrogen and oxygen atoms in total. The van der Waals surface area contributed by atoms with Crippen molar-refractivity contribution in [3.05, 3.63) is 35.6 Å². The lowest BCUT2D eigenvalue weighted by atomic mass is 10.1. The number of benzene rings is 1. The predicted octanol–water partition coefficient (Wildman–Crippen LogP) is 3.13. The number of ketones is 1. The number of hydrogen-bond acceptors (Lipinski definition) is 3. The Labute approximate surface area is 106 Å². The highest BCUT2D eigenvalue weighted by Crippen LogP contribution is 2.11. The summed E-state index contributed by atoms with van der Waals surface area (Å²) in [4.78, 5) is 23.1. The molecular formula is C14H17FO3. The summed E-state index contributed by atoms with van der Waals surface area (Å²) in [5.41, 5.74) is -0.143. The van der Waals surface area contributed by atoms with E-state index in [0.29, 0.717) is 5.56 Å². The minimum absolute atomic E-state index is 0.0352. The normalized spacial score (nSPS) is 11.1. The molecule has 0 aromatic heterocycles. The molecule has 0 atom stereocenters. The smallest absolute Gasteiger partial charge is 0.306 e. The molecule has 0 bridgehead atoms. The molecule has 0 aliphatic carbocycles. The molecule has 0 saturated heterocycles. The fraction of sp³-hybridized carbons (Fsp3) is 0.429. The molecule has 0 saturated carbocycles. The summed E-state index contributed by atoms with van der Waals surface area (Å²) < 4.78 is 17.8. The van der Waals surface area contributed by atoms with Crippen LogP contribution >= 0.6 is 0 Å². The molecule has 1 aromatic rings. The highest BCUT2D eigenvalue weighted by molar-refractivity contribution is 5.97. The van der Waals surface area contributed by atoms with E-state index >= 15 is 0 Å². The van der Waals surface area contributed by atoms with E-state index in [2.05, 4.69) is 0 Å². The van der Waals surface area contributed by atoms with E-state index < -0.39 is 17.4 Å². The van der Waals surface area contributed by atoms with E-state index in [1.807, 2.05) is 0 Å². The molecule has 98 valence electrons. The van der Waals surface area contributed by atoms with Gasteiger partial charge in [0.05, 0.1) is 6.42 Å². The molecule has 1 aromatic carbocycles. The molecule has 0 N–H and O–H groups in total. The largest absolute Gasteiger partial charge is 0.460 e. The Bertz CT molecular complexity index is 429. The number of halogens is 1. The van der Waals surface area contributed by atoms with Gasteiger partial charge in [-0.2, -0.15) is 0 Å². The molecule has 1 rings (SSSR count). The van der Waals surface area contributed by atoms with Gasteiger partial charge in [0.15, 0.2) is 5.78 Å². The van der Waals surface area contributed by atoms with Crippen LogP contribution in [-0.4, -0.2) is 17.4 Å². The monoisotopic (exact) mass is 252 g/mol. The Morgan fingerprint density at radius 3 is 2.17 bits per heavy atom. The molecule has 0 unspecified atom stereocenters. The Kier molecular flexibility index (Phi) is 4.59. The van der Waals surface area contributed by atoms with Crippen LogP contribution in [0.5, 0.6) is 0 Å². The van der Waals surface area contributed by atoms with Crippen LogP contribution in [0.15, 0.2) is 24.3 Å². The molecule has 0 aliphatic heterocycles. The van der Waals surface area contributed by atoms with Gasteiger partial charge >= 0.3 is 5.97 Å². The zero-order valence-corrected chi connectivity index (χ0v) is 10.8. The molecule has 0 aliphatic rings. The second-order valence-corrected chi connectivity index (χ2v) is 5.02. The highest BCUT2D eigenvalue weighted by atomic mass is 19.1. The first-order valence-corrected chi connectivity index (χ1v) is 5.78. The van der Waals surface area contributed by atoms with Crippen LogP contribution in [0.3, 0.4) is 0 Å². The van der Waals surface area contributed by atoms with Gasteiger partial charge in [-0.15, -0.1) is 0 Å². The Hall–Kier alpha value is -1.71. The van der Waals surface area contributed by atoms with Crippen LogP contribution in [0.25, 0.3) is 0 Å². The van der Waals surface area contributed by atoms with Crippen molar-refractivity contribution < 1.29 is 18.7 Å². The molecule has 0 radical (unpaired) electrons. The van der Waals surface area contributed by atoms with Crippen molar-refractivity contribution in [1.82, 2.24) is 0 Å². The standard InChI is InChI=1S/C14H17FO3/c1-14(2,3)18-13(17)9-8-12(16)10-4-6-11(15)7-5-10/h4-7H,8-9H2,1-3H3. The summed E-state index contributed by atoms with van der Waals surface area (Å²) >= 11 is 0. The third kappa shape index (κ3) is 5.08. The van der Waals surface area contributed by atoms with E-state index in [4.69, 9.17) is 4.74 Å². The fourth-order valence-corrected chi connectivity index (χ4v) is 1.39. The first kappa shape index (κ1) is 14.4. The summed E-state index contributed by atoms with van der Waals surface area (Å²) in [5.74, 6) is -0.988. The lowest BCUT2D eigenvalue weighted by Gasteiger charge is -2.19. The fourth-order valence-electron chi connectivity index (χ4n) is 1.39. The van der Waals surface area contributed by atoms with Gasteiger partial charge in [0.2, 0.25) is 0 Å². The first-order valence-electron chi connectivity index (χ1n) is 5.78. The Balaban J connectivity index is 2.47. The van der Waals surface area contributed by atoms with Crippen LogP contribution in [-0.2, 0) is 9.53 Å². The van der Waals surface area contributed by atoms with Crippen molar-refractivity contribution in [2.75, 3.05) is 0 Å². The summed E-state index contributed by atoms with van der Waals surface area (Å²) in [6.07, 6.45) is 0.105. The number of carbonyl (C=O) groups is 2. The van der Waals surface area contributed by atoms with Gasteiger partial charge in [0.1, 0.15) is 11.4 Å². The van der Waals surface area contributed by atoms with Gasteiger partial charge in [-0.25, -0.2) is 4.39 Å². The van der Waals surface area contributed by atoms with E-state index in [-0.39, 0.29) is 18.6 Å². The van der Waals surface area contributed by atoms with Crippen molar-refractivity contribution >= 4 is 11.8 Å². The van der Waals surface area contributed by atoms with E-state index in [1.54, 1.807) is 20.8 Å². The maximum Gasteiger partial charge on any atom is 0.306 e. The van der Waals surface area contributed by atoms with E-state index in [1.165, 1.54) is 24.3 Å². The molecule has 0 heterocycles. The molecule has 4 heteroatoms. The van der Waals surface area contributed by atoms with Gasteiger partial charge < -0.3 is 4.74 Å². The van der Waals surface area contributed by atoms with Crippen LogP contribution < -0.4 is 0 Å². The number of rotatable bonds is 4. The van der Waals surface area contributed by atoms with Crippen molar-refractivity contribution in [2.45, 2.75) is 39.2 Å². The maximum absolute atomic E-state index is 12.7. The van der Waals surface area contributed by atoms with Crippen LogP contribution in [0.4, 0.5) is 4.39 Å². The zero-order valence-electron chi connectivity index (χ0n) is 10.8. The number of carbonyl (C=O) groups excluding carboxylic acids is 2. The SMILES string of the molecule is CC(C)(C)OC(=O)CCC(=O)c1ccc(F)cc1. The lowest BCUT2D eigenvalue weighted by molar-refractivity contribution is -0.154. The Morgan fingerprint density at radius 1 is 1.11 bits per heavy atom. The van der Waals surface area contributed by atoms with E-state index in [9.17, 15) is 14.0 Å². The summed E-state index contributed by atoms with van der Waals surface area (Å²) in [6.45, 7) is 5.31. The lowest BCUT2D eigenvalue weighted by Crippen LogP contribution is -2.24. The molecule has 18 heavy (non-hydrogen) atoms. The minimum atomic E-state index is -0.546. The average Bonchev–Trinajstić information content (AvgIpc) is 2.24. The van der Waals surface area contributed by atoms with Gasteiger partial charge in [-0.1, -0.05) is 0 Å².